The summed E-state index contributed by atoms with van der Waals surface area (Å²) in [5.74, 6) is 1.10. The van der Waals surface area contributed by atoms with E-state index >= 15 is 0 Å². The number of aliphatic hydroxyl groups is 1. The molecule has 0 amide bonds. The van der Waals surface area contributed by atoms with Gasteiger partial charge in [0.1, 0.15) is 12.4 Å². The molecule has 34 heavy (non-hydrogen) atoms. The highest BCUT2D eigenvalue weighted by Gasteiger charge is 2.35. The van der Waals surface area contributed by atoms with Crippen LogP contribution in [0.4, 0.5) is 0 Å². The lowest BCUT2D eigenvalue weighted by atomic mass is 9.81. The second-order valence-electron chi connectivity index (χ2n) is 9.88. The first kappa shape index (κ1) is 22.8. The topological polar surface area (TPSA) is 49.8 Å². The minimum atomic E-state index is -0.642. The normalized spacial score (nSPS) is 20.0. The number of carbonyl (C=O) groups is 1. The fourth-order valence-corrected chi connectivity index (χ4v) is 5.32. The number of ether oxygens (including phenoxy) is 1. The number of hydrogen-bond acceptors (Lipinski definition) is 4. The molecule has 3 aromatic carbocycles. The number of ketones is 1. The first-order chi connectivity index (χ1) is 16.6. The maximum Gasteiger partial charge on any atom is 0.167 e. The number of piperidine rings is 1. The monoisotopic (exact) mass is 455 g/mol. The van der Waals surface area contributed by atoms with Crippen molar-refractivity contribution in [3.8, 4) is 5.75 Å². The van der Waals surface area contributed by atoms with Gasteiger partial charge in [-0.2, -0.15) is 0 Å². The minimum Gasteiger partial charge on any atom is -0.489 e. The Hall–Kier alpha value is -2.95. The molecule has 1 atom stereocenters. The van der Waals surface area contributed by atoms with Crippen molar-refractivity contribution in [1.29, 1.82) is 0 Å². The van der Waals surface area contributed by atoms with Crippen LogP contribution in [-0.2, 0) is 19.4 Å². The molecule has 1 saturated heterocycles. The standard InChI is InChI=1S/C30H33NO3/c32-29-26(21-31-17-15-30(33,16-18-31)20-23-7-3-1-4-8-23)12-11-25-19-27(13-14-28(25)29)34-22-24-9-5-2-6-10-24/h1-10,13-14,19,26,33H,11-12,15-18,20-22H2. The van der Waals surface area contributed by atoms with Crippen LogP contribution < -0.4 is 4.74 Å². The zero-order valence-corrected chi connectivity index (χ0v) is 19.7. The fraction of sp³-hybridized carbons (Fsp3) is 0.367. The van der Waals surface area contributed by atoms with Gasteiger partial charge >= 0.3 is 0 Å². The summed E-state index contributed by atoms with van der Waals surface area (Å²) in [5.41, 5.74) is 3.62. The molecule has 1 N–H and O–H groups in total. The Morgan fingerprint density at radius 2 is 1.59 bits per heavy atom. The van der Waals surface area contributed by atoms with Crippen molar-refractivity contribution in [2.24, 2.45) is 5.92 Å². The van der Waals surface area contributed by atoms with E-state index in [1.165, 1.54) is 5.56 Å². The van der Waals surface area contributed by atoms with E-state index in [9.17, 15) is 9.90 Å². The molecule has 1 aliphatic heterocycles. The van der Waals surface area contributed by atoms with E-state index < -0.39 is 5.60 Å². The predicted molar refractivity (Wildman–Crippen MR) is 134 cm³/mol. The number of aryl methyl sites for hydroxylation is 1. The van der Waals surface area contributed by atoms with E-state index in [4.69, 9.17) is 4.74 Å². The zero-order chi connectivity index (χ0) is 23.4. The summed E-state index contributed by atoms with van der Waals surface area (Å²) in [4.78, 5) is 15.6. The maximum absolute atomic E-state index is 13.2. The highest BCUT2D eigenvalue weighted by molar-refractivity contribution is 6.00. The van der Waals surface area contributed by atoms with Crippen LogP contribution >= 0.6 is 0 Å². The van der Waals surface area contributed by atoms with Gasteiger partial charge in [0.2, 0.25) is 0 Å². The first-order valence-corrected chi connectivity index (χ1v) is 12.4. The summed E-state index contributed by atoms with van der Waals surface area (Å²) in [6.07, 6.45) is 3.98. The van der Waals surface area contributed by atoms with Crippen LogP contribution in [0.5, 0.6) is 5.75 Å². The van der Waals surface area contributed by atoms with Crippen molar-refractivity contribution in [2.75, 3.05) is 19.6 Å². The van der Waals surface area contributed by atoms with Crippen LogP contribution in [0.15, 0.2) is 78.9 Å². The van der Waals surface area contributed by atoms with Crippen LogP contribution in [0.1, 0.15) is 46.3 Å². The summed E-state index contributed by atoms with van der Waals surface area (Å²) in [5, 5.41) is 11.1. The number of fused-ring (bicyclic) bond motifs is 1. The molecule has 5 rings (SSSR count). The van der Waals surface area contributed by atoms with Gasteiger partial charge in [-0.15, -0.1) is 0 Å². The van der Waals surface area contributed by atoms with Crippen molar-refractivity contribution in [1.82, 2.24) is 4.90 Å². The van der Waals surface area contributed by atoms with Crippen LogP contribution in [0.3, 0.4) is 0 Å². The summed E-state index contributed by atoms with van der Waals surface area (Å²) in [6.45, 7) is 2.99. The summed E-state index contributed by atoms with van der Waals surface area (Å²) < 4.78 is 5.96. The van der Waals surface area contributed by atoms with Crippen molar-refractivity contribution in [3.63, 3.8) is 0 Å². The lowest BCUT2D eigenvalue weighted by Crippen LogP contribution is -2.48. The molecule has 1 unspecified atom stereocenters. The summed E-state index contributed by atoms with van der Waals surface area (Å²) in [7, 11) is 0. The van der Waals surface area contributed by atoms with Crippen LogP contribution in [0.25, 0.3) is 0 Å². The van der Waals surface area contributed by atoms with Gasteiger partial charge < -0.3 is 14.7 Å². The van der Waals surface area contributed by atoms with E-state index in [2.05, 4.69) is 29.2 Å². The lowest BCUT2D eigenvalue weighted by molar-refractivity contribution is -0.0231. The smallest absolute Gasteiger partial charge is 0.167 e. The molecule has 1 fully saturated rings. The van der Waals surface area contributed by atoms with Gasteiger partial charge in [-0.3, -0.25) is 4.79 Å². The fourth-order valence-electron chi connectivity index (χ4n) is 5.32. The molecule has 0 spiro atoms. The predicted octanol–water partition coefficient (Wildman–Crippen LogP) is 5.08. The molecule has 0 radical (unpaired) electrons. The van der Waals surface area contributed by atoms with Crippen molar-refractivity contribution < 1.29 is 14.6 Å². The average Bonchev–Trinajstić information content (AvgIpc) is 2.87. The zero-order valence-electron chi connectivity index (χ0n) is 19.7. The first-order valence-electron chi connectivity index (χ1n) is 12.4. The van der Waals surface area contributed by atoms with E-state index in [1.54, 1.807) is 0 Å². The van der Waals surface area contributed by atoms with E-state index in [-0.39, 0.29) is 11.7 Å². The number of benzene rings is 3. The van der Waals surface area contributed by atoms with Crippen LogP contribution in [0, 0.1) is 5.92 Å². The minimum absolute atomic E-state index is 0.0314. The van der Waals surface area contributed by atoms with E-state index in [0.717, 1.165) is 67.8 Å². The highest BCUT2D eigenvalue weighted by Crippen LogP contribution is 2.32. The quantitative estimate of drug-likeness (QED) is 0.540. The highest BCUT2D eigenvalue weighted by atomic mass is 16.5. The molecule has 2 aliphatic rings. The Morgan fingerprint density at radius 1 is 0.912 bits per heavy atom. The van der Waals surface area contributed by atoms with Gasteiger partial charge in [0.25, 0.3) is 0 Å². The average molecular weight is 456 g/mol. The Morgan fingerprint density at radius 3 is 2.29 bits per heavy atom. The Kier molecular flexibility index (Phi) is 6.80. The van der Waals surface area contributed by atoms with Crippen LogP contribution in [-0.4, -0.2) is 41.0 Å². The number of Topliss-reactive ketones (excluding diaryl/α,β-unsaturated/α-hetero) is 1. The molecule has 4 nitrogen and oxygen atoms in total. The van der Waals surface area contributed by atoms with E-state index in [1.807, 2.05) is 54.6 Å². The number of nitrogens with zero attached hydrogens (tertiary/aromatic N) is 1. The number of rotatable bonds is 7. The lowest BCUT2D eigenvalue weighted by Gasteiger charge is -2.40. The maximum atomic E-state index is 13.2. The molecular weight excluding hydrogens is 422 g/mol. The molecule has 4 heteroatoms. The van der Waals surface area contributed by atoms with Gasteiger partial charge in [-0.25, -0.2) is 0 Å². The third-order valence-electron chi connectivity index (χ3n) is 7.36. The summed E-state index contributed by atoms with van der Waals surface area (Å²) >= 11 is 0. The molecule has 3 aromatic rings. The van der Waals surface area contributed by atoms with Gasteiger partial charge in [0.15, 0.2) is 5.78 Å². The molecular formula is C30H33NO3. The van der Waals surface area contributed by atoms with E-state index in [0.29, 0.717) is 13.0 Å². The van der Waals surface area contributed by atoms with Gasteiger partial charge in [-0.1, -0.05) is 60.7 Å². The van der Waals surface area contributed by atoms with Gasteiger partial charge in [0, 0.05) is 37.5 Å². The molecule has 0 aromatic heterocycles. The van der Waals surface area contributed by atoms with Gasteiger partial charge in [-0.05, 0) is 60.6 Å². The van der Waals surface area contributed by atoms with Crippen molar-refractivity contribution in [2.45, 2.75) is 44.3 Å². The Balaban J connectivity index is 1.15. The second kappa shape index (κ2) is 10.1. The molecule has 0 saturated carbocycles. The number of hydrogen-bond donors (Lipinski definition) is 1. The largest absolute Gasteiger partial charge is 0.489 e. The molecule has 176 valence electrons. The molecule has 0 bridgehead atoms. The number of likely N-dealkylation sites (tertiary alicyclic amines) is 1. The Bertz CT molecular complexity index is 1100. The van der Waals surface area contributed by atoms with Crippen molar-refractivity contribution in [3.05, 3.63) is 101 Å². The van der Waals surface area contributed by atoms with Crippen LogP contribution in [0.2, 0.25) is 0 Å². The Labute approximate surface area is 202 Å². The number of carbonyl (C=O) groups excluding carboxylic acids is 1. The second-order valence-corrected chi connectivity index (χ2v) is 9.88. The summed E-state index contributed by atoms with van der Waals surface area (Å²) in [6, 6.07) is 26.3. The molecule has 1 heterocycles. The SMILES string of the molecule is O=C1c2ccc(OCc3ccccc3)cc2CCC1CN1CCC(O)(Cc2ccccc2)CC1. The van der Waals surface area contributed by atoms with Crippen molar-refractivity contribution >= 4 is 5.78 Å². The van der Waals surface area contributed by atoms with Gasteiger partial charge in [0.05, 0.1) is 5.60 Å². The third-order valence-corrected chi connectivity index (χ3v) is 7.36. The molecule has 1 aliphatic carbocycles. The third kappa shape index (κ3) is 5.40.